The first-order valence-electron chi connectivity index (χ1n) is 4.86. The molecule has 3 nitrogen and oxygen atoms in total. The van der Waals surface area contributed by atoms with Crippen molar-refractivity contribution in [2.45, 2.75) is 13.5 Å². The van der Waals surface area contributed by atoms with Crippen LogP contribution in [0, 0.1) is 6.92 Å². The van der Waals surface area contributed by atoms with E-state index < -0.39 is 0 Å². The van der Waals surface area contributed by atoms with E-state index in [1.54, 1.807) is 17.5 Å². The number of nitrogens with one attached hydrogen (secondary N) is 1. The number of nitrogen functional groups attached to an aromatic ring is 1. The molecule has 0 saturated heterocycles. The van der Waals surface area contributed by atoms with E-state index in [4.69, 9.17) is 17.3 Å². The van der Waals surface area contributed by atoms with Gasteiger partial charge in [0.1, 0.15) is 5.82 Å². The van der Waals surface area contributed by atoms with Crippen molar-refractivity contribution < 1.29 is 0 Å². The van der Waals surface area contributed by atoms with Gasteiger partial charge >= 0.3 is 0 Å². The molecule has 0 aromatic carbocycles. The first kappa shape index (κ1) is 11.2. The molecule has 0 amide bonds. The number of thiophene rings is 1. The van der Waals surface area contributed by atoms with Crippen molar-refractivity contribution in [2.24, 2.45) is 0 Å². The Bertz CT molecular complexity index is 496. The fraction of sp³-hybridized carbons (Fsp3) is 0.182. The van der Waals surface area contributed by atoms with Gasteiger partial charge in [0.25, 0.3) is 0 Å². The maximum atomic E-state index is 5.90. The molecule has 0 radical (unpaired) electrons. The summed E-state index contributed by atoms with van der Waals surface area (Å²) in [6.07, 6.45) is 1.75. The molecule has 5 heteroatoms. The molecule has 0 saturated carbocycles. The summed E-state index contributed by atoms with van der Waals surface area (Å²) in [5, 5.41) is 3.20. The molecule has 84 valence electrons. The molecule has 0 atom stereocenters. The molecule has 2 rings (SSSR count). The maximum Gasteiger partial charge on any atom is 0.149 e. The molecule has 0 fully saturated rings. The summed E-state index contributed by atoms with van der Waals surface area (Å²) < 4.78 is 0.793. The van der Waals surface area contributed by atoms with Crippen molar-refractivity contribution in [1.29, 1.82) is 0 Å². The largest absolute Gasteiger partial charge is 0.396 e. The summed E-state index contributed by atoms with van der Waals surface area (Å²) in [4.78, 5) is 5.36. The van der Waals surface area contributed by atoms with E-state index >= 15 is 0 Å². The summed E-state index contributed by atoms with van der Waals surface area (Å²) in [5.41, 5.74) is 7.63. The highest BCUT2D eigenvalue weighted by Crippen LogP contribution is 2.24. The van der Waals surface area contributed by atoms with Crippen molar-refractivity contribution in [3.05, 3.63) is 39.2 Å². The number of hydrogen-bond donors (Lipinski definition) is 2. The topological polar surface area (TPSA) is 50.9 Å². The normalized spacial score (nSPS) is 10.4. The summed E-state index contributed by atoms with van der Waals surface area (Å²) >= 11 is 7.40. The lowest BCUT2D eigenvalue weighted by Crippen LogP contribution is -2.04. The molecule has 0 bridgehead atoms. The Morgan fingerprint density at radius 1 is 1.44 bits per heavy atom. The van der Waals surface area contributed by atoms with Crippen LogP contribution in [0.15, 0.2) is 24.4 Å². The van der Waals surface area contributed by atoms with Gasteiger partial charge in [-0.1, -0.05) is 11.6 Å². The van der Waals surface area contributed by atoms with Crippen LogP contribution in [0.25, 0.3) is 0 Å². The van der Waals surface area contributed by atoms with Crippen LogP contribution in [0.5, 0.6) is 0 Å². The second-order valence-electron chi connectivity index (χ2n) is 3.45. The van der Waals surface area contributed by atoms with E-state index in [1.165, 1.54) is 0 Å². The molecule has 0 spiro atoms. The highest BCUT2D eigenvalue weighted by Gasteiger charge is 2.03. The van der Waals surface area contributed by atoms with Gasteiger partial charge in [0, 0.05) is 11.1 Å². The maximum absolute atomic E-state index is 5.90. The number of aryl methyl sites for hydroxylation is 1. The Balaban J connectivity index is 2.07. The van der Waals surface area contributed by atoms with Crippen LogP contribution in [0.3, 0.4) is 0 Å². The van der Waals surface area contributed by atoms with Gasteiger partial charge in [0.05, 0.1) is 16.6 Å². The quantitative estimate of drug-likeness (QED) is 0.883. The zero-order chi connectivity index (χ0) is 11.5. The molecule has 3 N–H and O–H groups in total. The van der Waals surface area contributed by atoms with Gasteiger partial charge in [-0.05, 0) is 30.7 Å². The fourth-order valence-electron chi connectivity index (χ4n) is 1.33. The van der Waals surface area contributed by atoms with Gasteiger partial charge in [-0.2, -0.15) is 0 Å². The third-order valence-electron chi connectivity index (χ3n) is 2.27. The number of rotatable bonds is 3. The second-order valence-corrected chi connectivity index (χ2v) is 5.25. The van der Waals surface area contributed by atoms with Crippen LogP contribution < -0.4 is 11.1 Å². The molecule has 0 aliphatic heterocycles. The molecule has 2 aromatic rings. The van der Waals surface area contributed by atoms with E-state index in [2.05, 4.69) is 10.3 Å². The Morgan fingerprint density at radius 3 is 2.94 bits per heavy atom. The number of halogens is 1. The van der Waals surface area contributed by atoms with Crippen molar-refractivity contribution in [1.82, 2.24) is 4.98 Å². The van der Waals surface area contributed by atoms with Crippen LogP contribution in [0.2, 0.25) is 4.34 Å². The molecular weight excluding hydrogens is 242 g/mol. The Kier molecular flexibility index (Phi) is 3.31. The average Bonchev–Trinajstić information content (AvgIpc) is 2.67. The minimum absolute atomic E-state index is 0.693. The molecule has 0 aliphatic carbocycles. The number of nitrogens with two attached hydrogens (primary N) is 1. The standard InChI is InChI=1S/C11H12ClN3S/c1-7-4-5-14-11(10(7)13)15-6-8-2-3-9(12)16-8/h2-5H,6,13H2,1H3,(H,14,15). The first-order chi connectivity index (χ1) is 7.66. The third-order valence-corrected chi connectivity index (χ3v) is 3.50. The lowest BCUT2D eigenvalue weighted by Gasteiger charge is -2.08. The minimum Gasteiger partial charge on any atom is -0.396 e. The van der Waals surface area contributed by atoms with E-state index in [-0.39, 0.29) is 0 Å². The molecule has 0 unspecified atom stereocenters. The summed E-state index contributed by atoms with van der Waals surface area (Å²) in [7, 11) is 0. The molecule has 0 aliphatic rings. The molecule has 2 heterocycles. The van der Waals surface area contributed by atoms with Crippen molar-refractivity contribution >= 4 is 34.4 Å². The van der Waals surface area contributed by atoms with Crippen LogP contribution >= 0.6 is 22.9 Å². The van der Waals surface area contributed by atoms with Crippen LogP contribution in [0.4, 0.5) is 11.5 Å². The number of anilines is 2. The van der Waals surface area contributed by atoms with Gasteiger partial charge in [-0.15, -0.1) is 11.3 Å². The average molecular weight is 254 g/mol. The lowest BCUT2D eigenvalue weighted by molar-refractivity contribution is 1.14. The number of nitrogens with zero attached hydrogens (tertiary/aromatic N) is 1. The second kappa shape index (κ2) is 4.72. The van der Waals surface area contributed by atoms with Crippen LogP contribution in [-0.4, -0.2) is 4.98 Å². The molecular formula is C11H12ClN3S. The number of aromatic nitrogens is 1. The Hall–Kier alpha value is -1.26. The monoisotopic (exact) mass is 253 g/mol. The van der Waals surface area contributed by atoms with Crippen molar-refractivity contribution in [3.63, 3.8) is 0 Å². The zero-order valence-electron chi connectivity index (χ0n) is 8.83. The Labute approximate surface area is 103 Å². The molecule has 16 heavy (non-hydrogen) atoms. The van der Waals surface area contributed by atoms with Gasteiger partial charge < -0.3 is 11.1 Å². The highest BCUT2D eigenvalue weighted by molar-refractivity contribution is 7.16. The number of pyridine rings is 1. The van der Waals surface area contributed by atoms with E-state index in [9.17, 15) is 0 Å². The van der Waals surface area contributed by atoms with Crippen molar-refractivity contribution in [3.8, 4) is 0 Å². The SMILES string of the molecule is Cc1ccnc(NCc2ccc(Cl)s2)c1N. The van der Waals surface area contributed by atoms with Crippen molar-refractivity contribution in [2.75, 3.05) is 11.1 Å². The summed E-state index contributed by atoms with van der Waals surface area (Å²) in [5.74, 6) is 0.726. The van der Waals surface area contributed by atoms with Gasteiger partial charge in [-0.25, -0.2) is 4.98 Å². The summed E-state index contributed by atoms with van der Waals surface area (Å²) in [6, 6.07) is 5.77. The highest BCUT2D eigenvalue weighted by atomic mass is 35.5. The first-order valence-corrected chi connectivity index (χ1v) is 6.05. The predicted molar refractivity (Wildman–Crippen MR) is 70.0 cm³/mol. The molecule has 2 aromatic heterocycles. The van der Waals surface area contributed by atoms with Gasteiger partial charge in [-0.3, -0.25) is 0 Å². The van der Waals surface area contributed by atoms with Gasteiger partial charge in [0.2, 0.25) is 0 Å². The lowest BCUT2D eigenvalue weighted by atomic mass is 10.2. The van der Waals surface area contributed by atoms with E-state index in [1.807, 2.05) is 25.1 Å². The predicted octanol–water partition coefficient (Wildman–Crippen LogP) is 3.30. The minimum atomic E-state index is 0.693. The van der Waals surface area contributed by atoms with Crippen LogP contribution in [0.1, 0.15) is 10.4 Å². The summed E-state index contributed by atoms with van der Waals surface area (Å²) in [6.45, 7) is 2.66. The van der Waals surface area contributed by atoms with Crippen LogP contribution in [-0.2, 0) is 6.54 Å². The van der Waals surface area contributed by atoms with Gasteiger partial charge in [0.15, 0.2) is 0 Å². The Morgan fingerprint density at radius 2 is 2.25 bits per heavy atom. The third kappa shape index (κ3) is 2.46. The zero-order valence-corrected chi connectivity index (χ0v) is 10.4. The fourth-order valence-corrected chi connectivity index (χ4v) is 2.36. The van der Waals surface area contributed by atoms with E-state index in [0.29, 0.717) is 12.2 Å². The number of hydrogen-bond acceptors (Lipinski definition) is 4. The van der Waals surface area contributed by atoms with E-state index in [0.717, 1.165) is 20.6 Å². The smallest absolute Gasteiger partial charge is 0.149 e.